The highest BCUT2D eigenvalue weighted by atomic mass is 79.9. The molecule has 0 atom stereocenters. The lowest BCUT2D eigenvalue weighted by Crippen LogP contribution is -2.19. The van der Waals surface area contributed by atoms with Gasteiger partial charge in [0.15, 0.2) is 0 Å². The van der Waals surface area contributed by atoms with Crippen LogP contribution < -0.4 is 10.0 Å². The van der Waals surface area contributed by atoms with E-state index in [4.69, 9.17) is 0 Å². The molecule has 0 aliphatic carbocycles. The van der Waals surface area contributed by atoms with E-state index in [0.717, 1.165) is 19.5 Å². The minimum absolute atomic E-state index is 0.0372. The maximum Gasteiger partial charge on any atom is 0.232 e. The molecule has 0 radical (unpaired) electrons. The van der Waals surface area contributed by atoms with Gasteiger partial charge in [0, 0.05) is 0 Å². The van der Waals surface area contributed by atoms with Crippen molar-refractivity contribution in [2.24, 2.45) is 0 Å². The molecule has 0 aliphatic rings. The summed E-state index contributed by atoms with van der Waals surface area (Å²) in [5, 5.41) is 3.14. The van der Waals surface area contributed by atoms with Crippen molar-refractivity contribution in [2.75, 3.05) is 23.6 Å². The fourth-order valence-corrected chi connectivity index (χ4v) is 3.39. The van der Waals surface area contributed by atoms with Crippen LogP contribution in [0, 0.1) is 12.7 Å². The van der Waals surface area contributed by atoms with Crippen LogP contribution in [0.15, 0.2) is 16.6 Å². The van der Waals surface area contributed by atoms with Gasteiger partial charge in [-0.15, -0.1) is 0 Å². The molecule has 1 aromatic carbocycles. The molecule has 0 amide bonds. The Hall–Kier alpha value is -0.660. The molecule has 0 saturated heterocycles. The van der Waals surface area contributed by atoms with Gasteiger partial charge in [-0.2, -0.15) is 0 Å². The second-order valence-electron chi connectivity index (χ2n) is 4.56. The molecule has 0 fully saturated rings. The average Bonchev–Trinajstić information content (AvgIpc) is 2.35. The number of rotatable bonds is 8. The molecule has 20 heavy (non-hydrogen) atoms. The average molecular weight is 367 g/mol. The standard InChI is InChI=1S/C13H20BrFN2O2S/c1-3-16-6-4-5-7-20(18,19)17-13-9-12(15)11(14)8-10(13)2/h8-9,16-17H,3-7H2,1-2H3. The Labute approximate surface area is 128 Å². The van der Waals surface area contributed by atoms with Crippen molar-refractivity contribution < 1.29 is 12.8 Å². The zero-order valence-corrected chi connectivity index (χ0v) is 14.1. The molecule has 0 bridgehead atoms. The van der Waals surface area contributed by atoms with Crippen LogP contribution in [0.2, 0.25) is 0 Å². The van der Waals surface area contributed by atoms with E-state index < -0.39 is 15.8 Å². The number of halogens is 2. The fraction of sp³-hybridized carbons (Fsp3) is 0.538. The zero-order valence-electron chi connectivity index (χ0n) is 11.7. The van der Waals surface area contributed by atoms with Crippen molar-refractivity contribution in [1.82, 2.24) is 5.32 Å². The van der Waals surface area contributed by atoms with Gasteiger partial charge in [0.1, 0.15) is 5.82 Å². The molecule has 0 heterocycles. The highest BCUT2D eigenvalue weighted by Crippen LogP contribution is 2.24. The normalized spacial score (nSPS) is 11.6. The van der Waals surface area contributed by atoms with Crippen LogP contribution in [-0.2, 0) is 10.0 Å². The predicted octanol–water partition coefficient (Wildman–Crippen LogP) is 3.03. The Morgan fingerprint density at radius 2 is 2.00 bits per heavy atom. The summed E-state index contributed by atoms with van der Waals surface area (Å²) in [6, 6.07) is 2.74. The van der Waals surface area contributed by atoms with E-state index in [2.05, 4.69) is 26.0 Å². The van der Waals surface area contributed by atoms with Gasteiger partial charge in [-0.25, -0.2) is 12.8 Å². The quantitative estimate of drug-likeness (QED) is 0.695. The first-order valence-corrected chi connectivity index (χ1v) is 8.97. The monoisotopic (exact) mass is 366 g/mol. The summed E-state index contributed by atoms with van der Waals surface area (Å²) in [5.41, 5.74) is 0.965. The van der Waals surface area contributed by atoms with Gasteiger partial charge < -0.3 is 5.32 Å². The molecule has 114 valence electrons. The maximum atomic E-state index is 13.4. The number of sulfonamides is 1. The van der Waals surface area contributed by atoms with Gasteiger partial charge in [-0.05, 0) is 66.5 Å². The molecular formula is C13H20BrFN2O2S. The van der Waals surface area contributed by atoms with Gasteiger partial charge in [0.25, 0.3) is 0 Å². The summed E-state index contributed by atoms with van der Waals surface area (Å²) in [4.78, 5) is 0. The molecule has 0 aliphatic heterocycles. The highest BCUT2D eigenvalue weighted by molar-refractivity contribution is 9.10. The predicted molar refractivity (Wildman–Crippen MR) is 84.0 cm³/mol. The van der Waals surface area contributed by atoms with Crippen molar-refractivity contribution in [3.05, 3.63) is 28.0 Å². The van der Waals surface area contributed by atoms with Gasteiger partial charge in [0.2, 0.25) is 10.0 Å². The van der Waals surface area contributed by atoms with E-state index in [-0.39, 0.29) is 11.4 Å². The van der Waals surface area contributed by atoms with E-state index in [9.17, 15) is 12.8 Å². The van der Waals surface area contributed by atoms with E-state index in [1.165, 1.54) is 6.07 Å². The lowest BCUT2D eigenvalue weighted by molar-refractivity contribution is 0.593. The van der Waals surface area contributed by atoms with Crippen molar-refractivity contribution in [2.45, 2.75) is 26.7 Å². The molecule has 0 saturated carbocycles. The van der Waals surface area contributed by atoms with Crippen molar-refractivity contribution in [3.63, 3.8) is 0 Å². The Morgan fingerprint density at radius 1 is 1.30 bits per heavy atom. The number of anilines is 1. The third-order valence-corrected chi connectivity index (χ3v) is 4.76. The topological polar surface area (TPSA) is 58.2 Å². The smallest absolute Gasteiger partial charge is 0.232 e. The number of hydrogen-bond acceptors (Lipinski definition) is 3. The van der Waals surface area contributed by atoms with Gasteiger partial charge in [-0.3, -0.25) is 4.72 Å². The van der Waals surface area contributed by atoms with Crippen molar-refractivity contribution >= 4 is 31.6 Å². The van der Waals surface area contributed by atoms with Crippen LogP contribution in [0.25, 0.3) is 0 Å². The molecule has 0 spiro atoms. The van der Waals surface area contributed by atoms with Crippen LogP contribution in [0.4, 0.5) is 10.1 Å². The third kappa shape index (κ3) is 5.76. The number of nitrogens with one attached hydrogen (secondary N) is 2. The maximum absolute atomic E-state index is 13.4. The first-order chi connectivity index (χ1) is 9.35. The summed E-state index contributed by atoms with van der Waals surface area (Å²) >= 11 is 3.07. The molecule has 7 heteroatoms. The fourth-order valence-electron chi connectivity index (χ4n) is 1.69. The molecule has 2 N–H and O–H groups in total. The number of hydrogen-bond donors (Lipinski definition) is 2. The Kier molecular flexibility index (Phi) is 6.91. The van der Waals surface area contributed by atoms with Gasteiger partial charge in [0.05, 0.1) is 15.9 Å². The summed E-state index contributed by atoms with van der Waals surface area (Å²) in [7, 11) is -3.43. The summed E-state index contributed by atoms with van der Waals surface area (Å²) in [6.45, 7) is 5.41. The van der Waals surface area contributed by atoms with Crippen LogP contribution >= 0.6 is 15.9 Å². The minimum Gasteiger partial charge on any atom is -0.317 e. The highest BCUT2D eigenvalue weighted by Gasteiger charge is 2.13. The summed E-state index contributed by atoms with van der Waals surface area (Å²) < 4.78 is 40.0. The molecule has 1 aromatic rings. The number of aryl methyl sites for hydroxylation is 1. The Morgan fingerprint density at radius 3 is 2.65 bits per heavy atom. The number of unbranched alkanes of at least 4 members (excludes halogenated alkanes) is 1. The van der Waals surface area contributed by atoms with Gasteiger partial charge in [-0.1, -0.05) is 6.92 Å². The lowest BCUT2D eigenvalue weighted by atomic mass is 10.2. The van der Waals surface area contributed by atoms with Crippen molar-refractivity contribution in [1.29, 1.82) is 0 Å². The zero-order chi connectivity index (χ0) is 15.2. The largest absolute Gasteiger partial charge is 0.317 e. The first-order valence-electron chi connectivity index (χ1n) is 6.52. The Bertz CT molecular complexity index is 550. The van der Waals surface area contributed by atoms with E-state index >= 15 is 0 Å². The first kappa shape index (κ1) is 17.4. The molecule has 1 rings (SSSR count). The van der Waals surface area contributed by atoms with E-state index in [0.29, 0.717) is 16.5 Å². The molecule has 0 unspecified atom stereocenters. The molecule has 4 nitrogen and oxygen atoms in total. The van der Waals surface area contributed by atoms with E-state index in [1.54, 1.807) is 13.0 Å². The number of benzene rings is 1. The van der Waals surface area contributed by atoms with Gasteiger partial charge >= 0.3 is 0 Å². The van der Waals surface area contributed by atoms with E-state index in [1.807, 2.05) is 6.92 Å². The summed E-state index contributed by atoms with van der Waals surface area (Å²) in [6.07, 6.45) is 1.36. The third-order valence-electron chi connectivity index (χ3n) is 2.80. The van der Waals surface area contributed by atoms with Crippen molar-refractivity contribution in [3.8, 4) is 0 Å². The van der Waals surface area contributed by atoms with Crippen LogP contribution in [0.5, 0.6) is 0 Å². The SMILES string of the molecule is CCNCCCCS(=O)(=O)Nc1cc(F)c(Br)cc1C. The minimum atomic E-state index is -3.43. The van der Waals surface area contributed by atoms with Crippen LogP contribution in [0.1, 0.15) is 25.3 Å². The van der Waals surface area contributed by atoms with Crippen LogP contribution in [0.3, 0.4) is 0 Å². The second-order valence-corrected chi connectivity index (χ2v) is 7.26. The molecular weight excluding hydrogens is 347 g/mol. The second kappa shape index (κ2) is 7.95. The molecule has 0 aromatic heterocycles. The Balaban J connectivity index is 2.60. The summed E-state index contributed by atoms with van der Waals surface area (Å²) in [5.74, 6) is -0.448. The van der Waals surface area contributed by atoms with Crippen LogP contribution in [-0.4, -0.2) is 27.3 Å². The lowest BCUT2D eigenvalue weighted by Gasteiger charge is -2.11.